The lowest BCUT2D eigenvalue weighted by atomic mass is 10.1. The Labute approximate surface area is 204 Å². The Morgan fingerprint density at radius 2 is 2.25 bits per heavy atom. The number of pyridine rings is 1. The minimum Gasteiger partial charge on any atom is -0.395 e. The number of thiazole rings is 1. The Bertz CT molecular complexity index is 1000. The monoisotopic (exact) mass is 516 g/mol. The van der Waals surface area contributed by atoms with Gasteiger partial charge in [0, 0.05) is 29.8 Å². The van der Waals surface area contributed by atoms with Crippen molar-refractivity contribution in [2.75, 3.05) is 20.3 Å². The molecule has 0 bridgehead atoms. The summed E-state index contributed by atoms with van der Waals surface area (Å²) in [5, 5.41) is 13.9. The quantitative estimate of drug-likeness (QED) is 0.435. The Morgan fingerprint density at radius 1 is 1.47 bits per heavy atom. The Balaban J connectivity index is 1.89. The van der Waals surface area contributed by atoms with E-state index in [0.29, 0.717) is 32.4 Å². The zero-order valence-electron chi connectivity index (χ0n) is 17.3. The van der Waals surface area contributed by atoms with Crippen molar-refractivity contribution < 1.29 is 14.2 Å². The molecule has 0 amide bonds. The van der Waals surface area contributed by atoms with Crippen LogP contribution in [0.3, 0.4) is 0 Å². The minimum atomic E-state index is -0.554. The van der Waals surface area contributed by atoms with Crippen LogP contribution in [0.2, 0.25) is 10.2 Å². The number of thioether (sulfide) groups is 1. The molecule has 0 aliphatic carbocycles. The van der Waals surface area contributed by atoms with Gasteiger partial charge in [0.25, 0.3) is 0 Å². The van der Waals surface area contributed by atoms with Crippen LogP contribution in [0.25, 0.3) is 5.70 Å². The third-order valence-electron chi connectivity index (χ3n) is 4.49. The zero-order valence-corrected chi connectivity index (χ0v) is 20.4. The molecule has 0 aromatic carbocycles. The Kier molecular flexibility index (Phi) is 8.98. The lowest BCUT2D eigenvalue weighted by Crippen LogP contribution is -2.55. The van der Waals surface area contributed by atoms with Crippen molar-refractivity contribution in [1.82, 2.24) is 15.0 Å². The topological polar surface area (TPSA) is 133 Å². The summed E-state index contributed by atoms with van der Waals surface area (Å²) >= 11 is 14.6. The highest BCUT2D eigenvalue weighted by Crippen LogP contribution is 2.34. The van der Waals surface area contributed by atoms with Crippen molar-refractivity contribution in [2.45, 2.75) is 35.5 Å². The van der Waals surface area contributed by atoms with E-state index in [-0.39, 0.29) is 18.4 Å². The first-order chi connectivity index (χ1) is 15.3. The number of hydrogen-bond acceptors (Lipinski definition) is 11. The summed E-state index contributed by atoms with van der Waals surface area (Å²) in [7, 11) is 1.56. The summed E-state index contributed by atoms with van der Waals surface area (Å²) in [6, 6.07) is 3.29. The van der Waals surface area contributed by atoms with E-state index in [9.17, 15) is 5.26 Å². The highest BCUT2D eigenvalue weighted by molar-refractivity contribution is 7.99. The van der Waals surface area contributed by atoms with Crippen molar-refractivity contribution in [3.05, 3.63) is 44.7 Å². The summed E-state index contributed by atoms with van der Waals surface area (Å²) in [4.78, 5) is 8.83. The summed E-state index contributed by atoms with van der Waals surface area (Å²) in [6.07, 6.45) is 2.22. The van der Waals surface area contributed by atoms with Gasteiger partial charge in [0.05, 0.1) is 36.1 Å². The molecule has 32 heavy (non-hydrogen) atoms. The predicted molar refractivity (Wildman–Crippen MR) is 125 cm³/mol. The molecule has 0 spiro atoms. The first-order valence-corrected chi connectivity index (χ1v) is 11.9. The second-order valence-corrected chi connectivity index (χ2v) is 9.68. The second-order valence-electron chi connectivity index (χ2n) is 6.86. The first-order valence-electron chi connectivity index (χ1n) is 9.42. The number of nitriles is 1. The van der Waals surface area contributed by atoms with E-state index in [2.05, 4.69) is 16.0 Å². The molecule has 1 aliphatic rings. The van der Waals surface area contributed by atoms with E-state index in [1.54, 1.807) is 24.8 Å². The molecule has 3 rings (SSSR count). The second kappa shape index (κ2) is 11.5. The molecule has 3 unspecified atom stereocenters. The molecule has 3 heterocycles. The van der Waals surface area contributed by atoms with Crippen LogP contribution in [0.4, 0.5) is 0 Å². The number of methoxy groups -OCH3 is 1. The van der Waals surface area contributed by atoms with Crippen LogP contribution in [-0.4, -0.2) is 59.0 Å². The summed E-state index contributed by atoms with van der Waals surface area (Å²) < 4.78 is 17.8. The maximum Gasteiger partial charge on any atom is 0.154 e. The summed E-state index contributed by atoms with van der Waals surface area (Å²) in [5.41, 5.74) is 6.22. The molecule has 1 aliphatic heterocycles. The summed E-state index contributed by atoms with van der Waals surface area (Å²) in [6.45, 7) is 2.52. The molecule has 1 saturated heterocycles. The standard InChI is InChI=1S/C19H22Cl2N6O3S2/c1-10-7-29-8-14(27(24)6-12(23)18-26-16(21)9-31-18)17(28-2)19(30-10)32-15-3-11(20)5-25-13(15)4-22/h3,5-6,9-10,14,17,19H,7-8,23-24H2,1-2H3/b12-6-/t10?,14-,17?,19?/m1/s1. The van der Waals surface area contributed by atoms with Crippen molar-refractivity contribution in [3.8, 4) is 6.07 Å². The van der Waals surface area contributed by atoms with Crippen molar-refractivity contribution >= 4 is 52.0 Å². The fraction of sp³-hybridized carbons (Fsp3) is 0.421. The Morgan fingerprint density at radius 3 is 2.91 bits per heavy atom. The van der Waals surface area contributed by atoms with Crippen molar-refractivity contribution in [2.24, 2.45) is 11.6 Å². The Hall–Kier alpha value is -1.62. The number of nitrogens with two attached hydrogens (primary N) is 2. The van der Waals surface area contributed by atoms with E-state index in [1.807, 2.05) is 6.92 Å². The van der Waals surface area contributed by atoms with Gasteiger partial charge in [0.1, 0.15) is 27.8 Å². The first kappa shape index (κ1) is 25.0. The van der Waals surface area contributed by atoms with Crippen LogP contribution >= 0.6 is 46.3 Å². The molecular formula is C19H22Cl2N6O3S2. The number of nitrogens with zero attached hydrogens (tertiary/aromatic N) is 4. The highest BCUT2D eigenvalue weighted by Gasteiger charge is 2.37. The smallest absolute Gasteiger partial charge is 0.154 e. The van der Waals surface area contributed by atoms with Gasteiger partial charge in [-0.2, -0.15) is 5.26 Å². The molecule has 172 valence electrons. The fourth-order valence-corrected chi connectivity index (χ4v) is 5.43. The largest absolute Gasteiger partial charge is 0.395 e. The van der Waals surface area contributed by atoms with Gasteiger partial charge >= 0.3 is 0 Å². The van der Waals surface area contributed by atoms with Crippen LogP contribution in [0.1, 0.15) is 17.6 Å². The third kappa shape index (κ3) is 6.24. The van der Waals surface area contributed by atoms with Crippen molar-refractivity contribution in [3.63, 3.8) is 0 Å². The lowest BCUT2D eigenvalue weighted by molar-refractivity contribution is -0.128. The molecule has 1 fully saturated rings. The number of halogens is 2. The zero-order chi connectivity index (χ0) is 23.3. The SMILES string of the molecule is COC1C(Sc2cc(Cl)cnc2C#N)OC(C)COC[C@H]1N(N)/C=C(\N)c1nc(Cl)cs1. The fourth-order valence-electron chi connectivity index (χ4n) is 3.01. The predicted octanol–water partition coefficient (Wildman–Crippen LogP) is 3.09. The third-order valence-corrected chi connectivity index (χ3v) is 7.09. The summed E-state index contributed by atoms with van der Waals surface area (Å²) in [5.74, 6) is 6.36. The van der Waals surface area contributed by atoms with E-state index in [4.69, 9.17) is 49.0 Å². The normalized spacial score (nSPS) is 24.4. The van der Waals surface area contributed by atoms with Crippen LogP contribution < -0.4 is 11.6 Å². The highest BCUT2D eigenvalue weighted by atomic mass is 35.5. The van der Waals surface area contributed by atoms with Crippen LogP contribution in [0, 0.1) is 11.3 Å². The maximum atomic E-state index is 9.44. The minimum absolute atomic E-state index is 0.215. The molecule has 4 N–H and O–H groups in total. The van der Waals surface area contributed by atoms with E-state index in [0.717, 1.165) is 0 Å². The van der Waals surface area contributed by atoms with E-state index < -0.39 is 17.6 Å². The van der Waals surface area contributed by atoms with Gasteiger partial charge < -0.3 is 25.0 Å². The van der Waals surface area contributed by atoms with Gasteiger partial charge in [0.15, 0.2) is 5.69 Å². The number of ether oxygens (including phenoxy) is 3. The van der Waals surface area contributed by atoms with Gasteiger partial charge in [-0.1, -0.05) is 35.0 Å². The molecule has 4 atom stereocenters. The molecule has 13 heteroatoms. The van der Waals surface area contributed by atoms with Gasteiger partial charge in [0.2, 0.25) is 0 Å². The van der Waals surface area contributed by atoms with Crippen LogP contribution in [-0.2, 0) is 14.2 Å². The molecule has 2 aromatic rings. The lowest BCUT2D eigenvalue weighted by Gasteiger charge is -2.39. The molecular weight excluding hydrogens is 495 g/mol. The number of hydrazine groups is 1. The molecule has 9 nitrogen and oxygen atoms in total. The van der Waals surface area contributed by atoms with Crippen LogP contribution in [0.15, 0.2) is 28.7 Å². The molecule has 0 radical (unpaired) electrons. The van der Waals surface area contributed by atoms with Crippen LogP contribution in [0.5, 0.6) is 0 Å². The van der Waals surface area contributed by atoms with Gasteiger partial charge in [-0.05, 0) is 13.0 Å². The number of hydrogen-bond donors (Lipinski definition) is 2. The van der Waals surface area contributed by atoms with Crippen molar-refractivity contribution in [1.29, 1.82) is 5.26 Å². The van der Waals surface area contributed by atoms with Gasteiger partial charge in [-0.25, -0.2) is 15.8 Å². The van der Waals surface area contributed by atoms with E-state index >= 15 is 0 Å². The average Bonchev–Trinajstić information content (AvgIpc) is 3.18. The number of aromatic nitrogens is 2. The number of rotatable bonds is 6. The van der Waals surface area contributed by atoms with Gasteiger partial charge in [-0.15, -0.1) is 11.3 Å². The maximum absolute atomic E-state index is 9.44. The molecule has 0 saturated carbocycles. The van der Waals surface area contributed by atoms with E-state index in [1.165, 1.54) is 34.3 Å². The molecule has 2 aromatic heterocycles. The van der Waals surface area contributed by atoms with Gasteiger partial charge in [-0.3, -0.25) is 0 Å². The average molecular weight is 517 g/mol.